The zero-order chi connectivity index (χ0) is 17.5. The maximum atomic E-state index is 13.5. The molecule has 2 aromatic rings. The fourth-order valence-electron chi connectivity index (χ4n) is 1.84. The SMILES string of the molecule is N#C/C(=C/NCc1ccccc1F)C(=O)Nc1cc(Cl)ccc1Cl. The van der Waals surface area contributed by atoms with Gasteiger partial charge in [-0.15, -0.1) is 0 Å². The van der Waals surface area contributed by atoms with E-state index in [1.807, 2.05) is 0 Å². The first-order chi connectivity index (χ1) is 11.5. The number of rotatable bonds is 5. The number of nitrogens with one attached hydrogen (secondary N) is 2. The number of hydrogen-bond acceptors (Lipinski definition) is 3. The largest absolute Gasteiger partial charge is 0.385 e. The molecule has 0 spiro atoms. The van der Waals surface area contributed by atoms with Crippen LogP contribution in [0.25, 0.3) is 0 Å². The molecule has 1 amide bonds. The van der Waals surface area contributed by atoms with Gasteiger partial charge in [0.05, 0.1) is 10.7 Å². The zero-order valence-electron chi connectivity index (χ0n) is 12.3. The predicted molar refractivity (Wildman–Crippen MR) is 92.0 cm³/mol. The van der Waals surface area contributed by atoms with Gasteiger partial charge in [-0.2, -0.15) is 5.26 Å². The molecule has 2 aromatic carbocycles. The van der Waals surface area contributed by atoms with Gasteiger partial charge in [-0.3, -0.25) is 4.79 Å². The Kier molecular flexibility index (Phi) is 6.19. The summed E-state index contributed by atoms with van der Waals surface area (Å²) in [6, 6.07) is 12.6. The lowest BCUT2D eigenvalue weighted by Crippen LogP contribution is -2.17. The highest BCUT2D eigenvalue weighted by molar-refractivity contribution is 6.35. The lowest BCUT2D eigenvalue weighted by molar-refractivity contribution is -0.112. The molecule has 24 heavy (non-hydrogen) atoms. The Morgan fingerprint density at radius 3 is 2.71 bits per heavy atom. The molecule has 122 valence electrons. The van der Waals surface area contributed by atoms with Crippen LogP contribution in [0.1, 0.15) is 5.56 Å². The summed E-state index contributed by atoms with van der Waals surface area (Å²) in [6.45, 7) is 0.142. The van der Waals surface area contributed by atoms with Crippen molar-refractivity contribution in [3.05, 3.63) is 75.7 Å². The number of amides is 1. The first-order valence-electron chi connectivity index (χ1n) is 6.84. The van der Waals surface area contributed by atoms with Gasteiger partial charge in [0.25, 0.3) is 5.91 Å². The molecule has 0 saturated carbocycles. The van der Waals surface area contributed by atoms with Gasteiger partial charge in [0, 0.05) is 23.3 Å². The van der Waals surface area contributed by atoms with E-state index in [4.69, 9.17) is 28.5 Å². The normalized spacial score (nSPS) is 10.8. The third-order valence-electron chi connectivity index (χ3n) is 3.04. The lowest BCUT2D eigenvalue weighted by atomic mass is 10.2. The van der Waals surface area contributed by atoms with E-state index < -0.39 is 5.91 Å². The van der Waals surface area contributed by atoms with Crippen LogP contribution >= 0.6 is 23.2 Å². The van der Waals surface area contributed by atoms with Crippen LogP contribution in [-0.4, -0.2) is 5.91 Å². The molecule has 2 rings (SSSR count). The van der Waals surface area contributed by atoms with Crippen molar-refractivity contribution in [1.29, 1.82) is 5.26 Å². The minimum Gasteiger partial charge on any atom is -0.385 e. The van der Waals surface area contributed by atoms with E-state index >= 15 is 0 Å². The Bertz CT molecular complexity index is 831. The second-order valence-electron chi connectivity index (χ2n) is 4.72. The molecule has 0 aliphatic carbocycles. The van der Waals surface area contributed by atoms with Gasteiger partial charge in [-0.1, -0.05) is 41.4 Å². The molecule has 2 N–H and O–H groups in total. The van der Waals surface area contributed by atoms with Crippen LogP contribution in [-0.2, 0) is 11.3 Å². The smallest absolute Gasteiger partial charge is 0.267 e. The van der Waals surface area contributed by atoms with Crippen LogP contribution in [0, 0.1) is 17.1 Å². The van der Waals surface area contributed by atoms with E-state index in [2.05, 4.69) is 10.6 Å². The highest BCUT2D eigenvalue weighted by atomic mass is 35.5. The van der Waals surface area contributed by atoms with Crippen molar-refractivity contribution in [2.24, 2.45) is 0 Å². The van der Waals surface area contributed by atoms with Gasteiger partial charge in [-0.25, -0.2) is 4.39 Å². The molecule has 0 radical (unpaired) electrons. The maximum absolute atomic E-state index is 13.5. The summed E-state index contributed by atoms with van der Waals surface area (Å²) in [5.74, 6) is -1.02. The lowest BCUT2D eigenvalue weighted by Gasteiger charge is -2.07. The van der Waals surface area contributed by atoms with Crippen LogP contribution in [0.2, 0.25) is 10.0 Å². The van der Waals surface area contributed by atoms with Crippen molar-refractivity contribution >= 4 is 34.8 Å². The average molecular weight is 364 g/mol. The summed E-state index contributed by atoms with van der Waals surface area (Å²) in [5.41, 5.74) is 0.538. The van der Waals surface area contributed by atoms with E-state index in [1.54, 1.807) is 30.3 Å². The van der Waals surface area contributed by atoms with Gasteiger partial charge in [-0.05, 0) is 24.3 Å². The first-order valence-corrected chi connectivity index (χ1v) is 7.60. The van der Waals surface area contributed by atoms with Gasteiger partial charge < -0.3 is 10.6 Å². The summed E-state index contributed by atoms with van der Waals surface area (Å²) in [4.78, 5) is 12.1. The summed E-state index contributed by atoms with van der Waals surface area (Å²) < 4.78 is 13.5. The summed E-state index contributed by atoms with van der Waals surface area (Å²) in [6.07, 6.45) is 1.22. The number of benzene rings is 2. The molecule has 0 aromatic heterocycles. The number of halogens is 3. The Morgan fingerprint density at radius 1 is 1.25 bits per heavy atom. The van der Waals surface area contributed by atoms with Crippen molar-refractivity contribution in [2.45, 2.75) is 6.54 Å². The van der Waals surface area contributed by atoms with Crippen molar-refractivity contribution in [2.75, 3.05) is 5.32 Å². The molecule has 0 unspecified atom stereocenters. The number of nitrogens with zero attached hydrogens (tertiary/aromatic N) is 1. The quantitative estimate of drug-likeness (QED) is 0.615. The van der Waals surface area contributed by atoms with Gasteiger partial charge in [0.2, 0.25) is 0 Å². The third kappa shape index (κ3) is 4.72. The first kappa shape index (κ1) is 17.8. The van der Waals surface area contributed by atoms with E-state index in [9.17, 15) is 9.18 Å². The summed E-state index contributed by atoms with van der Waals surface area (Å²) >= 11 is 11.8. The number of carbonyl (C=O) groups excluding carboxylic acids is 1. The van der Waals surface area contributed by atoms with Crippen LogP contribution in [0.4, 0.5) is 10.1 Å². The van der Waals surface area contributed by atoms with Crippen molar-refractivity contribution in [3.63, 3.8) is 0 Å². The topological polar surface area (TPSA) is 64.9 Å². The van der Waals surface area contributed by atoms with Crippen LogP contribution in [0.5, 0.6) is 0 Å². The molecule has 4 nitrogen and oxygen atoms in total. The van der Waals surface area contributed by atoms with E-state index in [1.165, 1.54) is 24.4 Å². The Hall–Kier alpha value is -2.55. The Balaban J connectivity index is 2.05. The van der Waals surface area contributed by atoms with Crippen molar-refractivity contribution in [3.8, 4) is 6.07 Å². The van der Waals surface area contributed by atoms with Crippen LogP contribution in [0.3, 0.4) is 0 Å². The molecule has 0 heterocycles. The minimum atomic E-state index is -0.650. The molecule has 7 heteroatoms. The van der Waals surface area contributed by atoms with E-state index in [-0.39, 0.29) is 17.9 Å². The molecular formula is C17H12Cl2FN3O. The number of anilines is 1. The standard InChI is InChI=1S/C17H12Cl2FN3O/c18-13-5-6-14(19)16(7-13)23-17(24)12(8-21)10-22-9-11-3-1-2-4-15(11)20/h1-7,10,22H,9H2,(H,23,24)/b12-10-. The second-order valence-corrected chi connectivity index (χ2v) is 5.56. The predicted octanol–water partition coefficient (Wildman–Crippen LogP) is 4.27. The van der Waals surface area contributed by atoms with Crippen LogP contribution < -0.4 is 10.6 Å². The van der Waals surface area contributed by atoms with Crippen LogP contribution in [0.15, 0.2) is 54.2 Å². The molecule has 0 aliphatic rings. The third-order valence-corrected chi connectivity index (χ3v) is 3.60. The van der Waals surface area contributed by atoms with Crippen molar-refractivity contribution < 1.29 is 9.18 Å². The molecule has 0 aliphatic heterocycles. The number of carbonyl (C=O) groups is 1. The summed E-state index contributed by atoms with van der Waals surface area (Å²) in [5, 5.41) is 15.0. The van der Waals surface area contributed by atoms with Gasteiger partial charge in [0.15, 0.2) is 0 Å². The maximum Gasteiger partial charge on any atom is 0.267 e. The fourth-order valence-corrected chi connectivity index (χ4v) is 2.17. The monoisotopic (exact) mass is 363 g/mol. The second kappa shape index (κ2) is 8.34. The molecular weight excluding hydrogens is 352 g/mol. The zero-order valence-corrected chi connectivity index (χ0v) is 13.8. The Labute approximate surface area is 148 Å². The minimum absolute atomic E-state index is 0.142. The molecule has 0 fully saturated rings. The number of nitriles is 1. The fraction of sp³-hybridized carbons (Fsp3) is 0.0588. The van der Waals surface area contributed by atoms with Gasteiger partial charge in [0.1, 0.15) is 17.5 Å². The average Bonchev–Trinajstić information content (AvgIpc) is 2.56. The Morgan fingerprint density at radius 2 is 2.00 bits per heavy atom. The van der Waals surface area contributed by atoms with E-state index in [0.717, 1.165) is 0 Å². The molecule has 0 saturated heterocycles. The highest BCUT2D eigenvalue weighted by Gasteiger charge is 2.11. The van der Waals surface area contributed by atoms with Gasteiger partial charge >= 0.3 is 0 Å². The van der Waals surface area contributed by atoms with Crippen molar-refractivity contribution in [1.82, 2.24) is 5.32 Å². The number of hydrogen-bond donors (Lipinski definition) is 2. The van der Waals surface area contributed by atoms with E-state index in [0.29, 0.717) is 21.3 Å². The highest BCUT2D eigenvalue weighted by Crippen LogP contribution is 2.25. The molecule has 0 bridgehead atoms. The summed E-state index contributed by atoms with van der Waals surface area (Å²) in [7, 11) is 0. The molecule has 0 atom stereocenters.